The number of ether oxygens (including phenoxy) is 1. The molecule has 25 heavy (non-hydrogen) atoms. The first-order valence-corrected chi connectivity index (χ1v) is 9.44. The summed E-state index contributed by atoms with van der Waals surface area (Å²) in [6, 6.07) is 19.3. The summed E-state index contributed by atoms with van der Waals surface area (Å²) >= 11 is 1.69. The van der Waals surface area contributed by atoms with Crippen molar-refractivity contribution in [2.75, 3.05) is 0 Å². The minimum absolute atomic E-state index is 0.158. The quantitative estimate of drug-likeness (QED) is 0.629. The Hall–Kier alpha value is -2.59. The van der Waals surface area contributed by atoms with Crippen LogP contribution in [0, 0.1) is 6.92 Å². The van der Waals surface area contributed by atoms with Crippen molar-refractivity contribution in [3.63, 3.8) is 0 Å². The highest BCUT2D eigenvalue weighted by Crippen LogP contribution is 2.47. The molecule has 0 amide bonds. The van der Waals surface area contributed by atoms with Crippen LogP contribution in [-0.4, -0.2) is 10.7 Å². The third-order valence-electron chi connectivity index (χ3n) is 4.91. The molecule has 0 N–H and O–H groups in total. The Labute approximate surface area is 151 Å². The van der Waals surface area contributed by atoms with Crippen LogP contribution in [0.5, 0.6) is 5.75 Å². The number of nitrogens with zero attached hydrogens (tertiary/aromatic N) is 2. The molecule has 0 saturated heterocycles. The monoisotopic (exact) mass is 346 g/mol. The summed E-state index contributed by atoms with van der Waals surface area (Å²) in [6.45, 7) is 2.11. The number of rotatable bonds is 2. The highest BCUT2D eigenvalue weighted by atomic mass is 32.1. The lowest BCUT2D eigenvalue weighted by molar-refractivity contribution is -0.0187. The number of hydrogen-bond acceptors (Lipinski definition) is 4. The summed E-state index contributed by atoms with van der Waals surface area (Å²) in [5, 5.41) is 11.4. The maximum Gasteiger partial charge on any atom is 0.214 e. The second kappa shape index (κ2) is 5.74. The van der Waals surface area contributed by atoms with Gasteiger partial charge in [0.15, 0.2) is 0 Å². The van der Waals surface area contributed by atoms with Crippen molar-refractivity contribution in [3.8, 4) is 5.75 Å². The largest absolute Gasteiger partial charge is 0.464 e. The molecule has 0 saturated carbocycles. The number of hydrazone groups is 1. The first-order chi connectivity index (χ1) is 12.3. The predicted molar refractivity (Wildman–Crippen MR) is 101 cm³/mol. The van der Waals surface area contributed by atoms with Crippen LogP contribution in [-0.2, 0) is 0 Å². The minimum atomic E-state index is -0.158. The summed E-state index contributed by atoms with van der Waals surface area (Å²) in [4.78, 5) is 0. The molecule has 5 rings (SSSR count). The van der Waals surface area contributed by atoms with Crippen molar-refractivity contribution in [1.29, 1.82) is 0 Å². The fourth-order valence-corrected chi connectivity index (χ4v) is 4.26. The molecule has 0 spiro atoms. The summed E-state index contributed by atoms with van der Waals surface area (Å²) in [5.74, 6) is 0.973. The maximum absolute atomic E-state index is 6.32. The van der Waals surface area contributed by atoms with Gasteiger partial charge in [0.25, 0.3) is 0 Å². The summed E-state index contributed by atoms with van der Waals surface area (Å²) in [6.07, 6.45) is 0.749. The molecule has 1 aromatic heterocycles. The van der Waals surface area contributed by atoms with Gasteiger partial charge in [0.1, 0.15) is 5.75 Å². The number of aryl methyl sites for hydroxylation is 1. The predicted octanol–water partition coefficient (Wildman–Crippen LogP) is 5.30. The van der Waals surface area contributed by atoms with Gasteiger partial charge in [-0.3, -0.25) is 0 Å². The van der Waals surface area contributed by atoms with Gasteiger partial charge in [-0.15, -0.1) is 0 Å². The summed E-state index contributed by atoms with van der Waals surface area (Å²) in [5.41, 5.74) is 5.98. The van der Waals surface area contributed by atoms with Gasteiger partial charge in [0, 0.05) is 17.5 Å². The molecule has 2 aliphatic heterocycles. The average Bonchev–Trinajstić information content (AvgIpc) is 3.32. The molecular weight excluding hydrogens is 328 g/mol. The van der Waals surface area contributed by atoms with Gasteiger partial charge in [0.2, 0.25) is 6.23 Å². The molecule has 0 unspecified atom stereocenters. The van der Waals surface area contributed by atoms with Crippen molar-refractivity contribution in [2.24, 2.45) is 5.10 Å². The van der Waals surface area contributed by atoms with Crippen LogP contribution in [0.15, 0.2) is 70.5 Å². The van der Waals surface area contributed by atoms with Gasteiger partial charge >= 0.3 is 0 Å². The standard InChI is InChI=1S/C21H18N2OS/c1-14-6-8-15(9-7-14)18-12-19-17-4-2-3-5-20(17)24-21(23(19)22-18)16-10-11-25-13-16/h2-11,13,19,21H,12H2,1H3/t19-,21+/m0/s1. The second-order valence-corrected chi connectivity index (χ2v) is 7.36. The number of hydrogen-bond donors (Lipinski definition) is 0. The molecule has 0 aliphatic carbocycles. The van der Waals surface area contributed by atoms with E-state index in [2.05, 4.69) is 71.2 Å². The van der Waals surface area contributed by atoms with Crippen LogP contribution in [0.3, 0.4) is 0 Å². The van der Waals surface area contributed by atoms with Crippen LogP contribution in [0.25, 0.3) is 0 Å². The lowest BCUT2D eigenvalue weighted by Gasteiger charge is -2.37. The maximum atomic E-state index is 6.32. The van der Waals surface area contributed by atoms with E-state index in [1.54, 1.807) is 11.3 Å². The van der Waals surface area contributed by atoms with E-state index >= 15 is 0 Å². The van der Waals surface area contributed by atoms with E-state index in [1.165, 1.54) is 22.3 Å². The van der Waals surface area contributed by atoms with Gasteiger partial charge in [0.05, 0.1) is 11.8 Å². The second-order valence-electron chi connectivity index (χ2n) is 6.58. The van der Waals surface area contributed by atoms with Crippen LogP contribution >= 0.6 is 11.3 Å². The molecule has 3 nitrogen and oxygen atoms in total. The number of fused-ring (bicyclic) bond motifs is 3. The Morgan fingerprint density at radius 1 is 1.08 bits per heavy atom. The van der Waals surface area contributed by atoms with Gasteiger partial charge < -0.3 is 4.74 Å². The van der Waals surface area contributed by atoms with E-state index in [0.717, 1.165) is 17.9 Å². The molecular formula is C21H18N2OS. The third-order valence-corrected chi connectivity index (χ3v) is 5.61. The Balaban J connectivity index is 1.59. The first kappa shape index (κ1) is 14.7. The van der Waals surface area contributed by atoms with Crippen LogP contribution < -0.4 is 4.74 Å². The highest BCUT2D eigenvalue weighted by molar-refractivity contribution is 7.07. The van der Waals surface area contributed by atoms with Crippen LogP contribution in [0.4, 0.5) is 0 Å². The Morgan fingerprint density at radius 3 is 2.72 bits per heavy atom. The molecule has 2 aromatic carbocycles. The van der Waals surface area contributed by atoms with Crippen molar-refractivity contribution in [2.45, 2.75) is 25.6 Å². The van der Waals surface area contributed by atoms with Gasteiger partial charge in [-0.1, -0.05) is 48.0 Å². The molecule has 0 fully saturated rings. The molecule has 124 valence electrons. The zero-order valence-electron chi connectivity index (χ0n) is 13.9. The average molecular weight is 346 g/mol. The molecule has 2 aliphatic rings. The van der Waals surface area contributed by atoms with Crippen molar-refractivity contribution >= 4 is 17.0 Å². The molecule has 2 atom stereocenters. The van der Waals surface area contributed by atoms with E-state index < -0.39 is 0 Å². The summed E-state index contributed by atoms with van der Waals surface area (Å²) < 4.78 is 6.32. The zero-order valence-corrected chi connectivity index (χ0v) is 14.7. The van der Waals surface area contributed by atoms with E-state index in [-0.39, 0.29) is 12.3 Å². The fourth-order valence-electron chi connectivity index (χ4n) is 3.59. The third kappa shape index (κ3) is 2.45. The smallest absolute Gasteiger partial charge is 0.214 e. The molecule has 0 radical (unpaired) electrons. The molecule has 3 aromatic rings. The van der Waals surface area contributed by atoms with Gasteiger partial charge in [-0.25, -0.2) is 5.01 Å². The van der Waals surface area contributed by atoms with Crippen molar-refractivity contribution < 1.29 is 4.74 Å². The van der Waals surface area contributed by atoms with Crippen molar-refractivity contribution in [1.82, 2.24) is 5.01 Å². The summed E-state index contributed by atoms with van der Waals surface area (Å²) in [7, 11) is 0. The Bertz CT molecular complexity index is 931. The minimum Gasteiger partial charge on any atom is -0.464 e. The van der Waals surface area contributed by atoms with E-state index in [1.807, 2.05) is 6.07 Å². The molecule has 4 heteroatoms. The number of para-hydroxylation sites is 1. The normalized spacial score (nSPS) is 21.3. The highest BCUT2D eigenvalue weighted by Gasteiger charge is 2.40. The van der Waals surface area contributed by atoms with Gasteiger partial charge in [-0.05, 0) is 35.4 Å². The Morgan fingerprint density at radius 2 is 1.92 bits per heavy atom. The van der Waals surface area contributed by atoms with E-state index in [9.17, 15) is 0 Å². The Kier molecular flexibility index (Phi) is 3.38. The van der Waals surface area contributed by atoms with Crippen LogP contribution in [0.2, 0.25) is 0 Å². The number of benzene rings is 2. The zero-order chi connectivity index (χ0) is 16.8. The lowest BCUT2D eigenvalue weighted by atomic mass is 9.96. The topological polar surface area (TPSA) is 24.8 Å². The number of thiophene rings is 1. The van der Waals surface area contributed by atoms with E-state index in [4.69, 9.17) is 9.84 Å². The first-order valence-electron chi connectivity index (χ1n) is 8.50. The molecule has 0 bridgehead atoms. The fraction of sp³-hybridized carbons (Fsp3) is 0.190. The molecule has 3 heterocycles. The van der Waals surface area contributed by atoms with Crippen molar-refractivity contribution in [3.05, 3.63) is 87.6 Å². The van der Waals surface area contributed by atoms with E-state index in [0.29, 0.717) is 0 Å². The van der Waals surface area contributed by atoms with Crippen LogP contribution in [0.1, 0.15) is 40.9 Å². The lowest BCUT2D eigenvalue weighted by Crippen LogP contribution is -2.33. The van der Waals surface area contributed by atoms with Gasteiger partial charge in [-0.2, -0.15) is 16.4 Å². The SMILES string of the molecule is Cc1ccc(C2=NN3[C@@H](c4ccsc4)Oc4ccccc4[C@@H]3C2)cc1.